The van der Waals surface area contributed by atoms with E-state index in [2.05, 4.69) is 4.98 Å². The fourth-order valence-electron chi connectivity index (χ4n) is 2.02. The first-order valence-electron chi connectivity index (χ1n) is 5.56. The minimum absolute atomic E-state index is 0.136. The van der Waals surface area contributed by atoms with Gasteiger partial charge >= 0.3 is 0 Å². The van der Waals surface area contributed by atoms with E-state index < -0.39 is 0 Å². The lowest BCUT2D eigenvalue weighted by Gasteiger charge is -2.34. The van der Waals surface area contributed by atoms with Gasteiger partial charge in [-0.25, -0.2) is 0 Å². The molecular weight excluding hydrogens is 202 g/mol. The van der Waals surface area contributed by atoms with Crippen molar-refractivity contribution in [3.05, 3.63) is 30.1 Å². The van der Waals surface area contributed by atoms with Crippen LogP contribution in [0.5, 0.6) is 0 Å². The molecule has 86 valence electrons. The predicted octanol–water partition coefficient (Wildman–Crippen LogP) is 0.777. The Morgan fingerprint density at radius 1 is 1.62 bits per heavy atom. The van der Waals surface area contributed by atoms with Crippen molar-refractivity contribution in [2.24, 2.45) is 11.7 Å². The molecule has 16 heavy (non-hydrogen) atoms. The normalized spacial score (nSPS) is 23.6. The molecule has 1 fully saturated rings. The van der Waals surface area contributed by atoms with Crippen LogP contribution in [0.3, 0.4) is 0 Å². The Balaban J connectivity index is 1.88. The quantitative estimate of drug-likeness (QED) is 0.817. The van der Waals surface area contributed by atoms with E-state index in [9.17, 15) is 4.79 Å². The smallest absolute Gasteiger partial charge is 0.225 e. The van der Waals surface area contributed by atoms with Crippen molar-refractivity contribution in [1.82, 2.24) is 9.88 Å². The van der Waals surface area contributed by atoms with Gasteiger partial charge < -0.3 is 10.6 Å². The molecule has 1 aromatic rings. The number of hydrogen-bond donors (Lipinski definition) is 1. The SMILES string of the molecule is CN(Cc1cccnc1)C(=O)C1CC(N)C1. The first-order valence-corrected chi connectivity index (χ1v) is 5.56. The van der Waals surface area contributed by atoms with Crippen molar-refractivity contribution in [2.75, 3.05) is 7.05 Å². The summed E-state index contributed by atoms with van der Waals surface area (Å²) in [5.74, 6) is 0.335. The van der Waals surface area contributed by atoms with Crippen molar-refractivity contribution < 1.29 is 4.79 Å². The van der Waals surface area contributed by atoms with Crippen LogP contribution in [0, 0.1) is 5.92 Å². The minimum atomic E-state index is 0.136. The second-order valence-corrected chi connectivity index (χ2v) is 4.48. The highest BCUT2D eigenvalue weighted by Gasteiger charge is 2.33. The number of hydrogen-bond acceptors (Lipinski definition) is 3. The summed E-state index contributed by atoms with van der Waals surface area (Å²) in [6.07, 6.45) is 5.18. The maximum atomic E-state index is 11.9. The largest absolute Gasteiger partial charge is 0.341 e. The zero-order valence-electron chi connectivity index (χ0n) is 9.47. The van der Waals surface area contributed by atoms with Crippen LogP contribution in [-0.2, 0) is 11.3 Å². The molecule has 2 N–H and O–H groups in total. The Morgan fingerprint density at radius 3 is 2.94 bits per heavy atom. The van der Waals surface area contributed by atoms with E-state index in [1.54, 1.807) is 17.3 Å². The number of amides is 1. The number of carbonyl (C=O) groups excluding carboxylic acids is 1. The van der Waals surface area contributed by atoms with Gasteiger partial charge in [0.25, 0.3) is 0 Å². The summed E-state index contributed by atoms with van der Waals surface area (Å²) in [6.45, 7) is 0.623. The highest BCUT2D eigenvalue weighted by atomic mass is 16.2. The topological polar surface area (TPSA) is 59.2 Å². The van der Waals surface area contributed by atoms with Crippen LogP contribution in [0.25, 0.3) is 0 Å². The Kier molecular flexibility index (Phi) is 3.19. The molecule has 0 saturated heterocycles. The van der Waals surface area contributed by atoms with Gasteiger partial charge in [0.15, 0.2) is 0 Å². The number of aromatic nitrogens is 1. The van der Waals surface area contributed by atoms with Gasteiger partial charge in [0, 0.05) is 37.9 Å². The van der Waals surface area contributed by atoms with Crippen LogP contribution in [0.2, 0.25) is 0 Å². The third-order valence-corrected chi connectivity index (χ3v) is 3.04. The zero-order valence-corrected chi connectivity index (χ0v) is 9.47. The van der Waals surface area contributed by atoms with E-state index in [1.807, 2.05) is 19.2 Å². The van der Waals surface area contributed by atoms with Gasteiger partial charge in [-0.3, -0.25) is 9.78 Å². The van der Waals surface area contributed by atoms with E-state index in [0.29, 0.717) is 6.54 Å². The van der Waals surface area contributed by atoms with Crippen molar-refractivity contribution >= 4 is 5.91 Å². The van der Waals surface area contributed by atoms with E-state index in [0.717, 1.165) is 18.4 Å². The summed E-state index contributed by atoms with van der Waals surface area (Å²) in [5.41, 5.74) is 6.74. The summed E-state index contributed by atoms with van der Waals surface area (Å²) in [4.78, 5) is 17.7. The number of pyridine rings is 1. The number of nitrogens with zero attached hydrogens (tertiary/aromatic N) is 2. The van der Waals surface area contributed by atoms with Gasteiger partial charge in [0.2, 0.25) is 5.91 Å². The Morgan fingerprint density at radius 2 is 2.38 bits per heavy atom. The van der Waals surface area contributed by atoms with Gasteiger partial charge in [-0.2, -0.15) is 0 Å². The summed E-state index contributed by atoms with van der Waals surface area (Å²) in [7, 11) is 1.83. The third-order valence-electron chi connectivity index (χ3n) is 3.04. The molecule has 0 spiro atoms. The summed E-state index contributed by atoms with van der Waals surface area (Å²) in [5, 5.41) is 0. The summed E-state index contributed by atoms with van der Waals surface area (Å²) in [6, 6.07) is 4.08. The lowest BCUT2D eigenvalue weighted by Crippen LogP contribution is -2.45. The van der Waals surface area contributed by atoms with Crippen LogP contribution < -0.4 is 5.73 Å². The van der Waals surface area contributed by atoms with Crippen LogP contribution in [0.1, 0.15) is 18.4 Å². The molecule has 0 aliphatic heterocycles. The molecule has 0 radical (unpaired) electrons. The molecule has 1 amide bonds. The molecular formula is C12H17N3O. The lowest BCUT2D eigenvalue weighted by molar-refractivity contribution is -0.137. The molecule has 4 nitrogen and oxygen atoms in total. The number of carbonyl (C=O) groups is 1. The fourth-order valence-corrected chi connectivity index (χ4v) is 2.02. The minimum Gasteiger partial charge on any atom is -0.341 e. The van der Waals surface area contributed by atoms with Gasteiger partial charge in [-0.1, -0.05) is 6.07 Å². The fraction of sp³-hybridized carbons (Fsp3) is 0.500. The average molecular weight is 219 g/mol. The van der Waals surface area contributed by atoms with E-state index >= 15 is 0 Å². The van der Waals surface area contributed by atoms with Gasteiger partial charge in [-0.15, -0.1) is 0 Å². The maximum absolute atomic E-state index is 11.9. The summed E-state index contributed by atoms with van der Waals surface area (Å²) < 4.78 is 0. The second kappa shape index (κ2) is 4.61. The standard InChI is InChI=1S/C12H17N3O/c1-15(8-9-3-2-4-14-7-9)12(16)10-5-11(13)6-10/h2-4,7,10-11H,5-6,8,13H2,1H3. The van der Waals surface area contributed by atoms with Crippen molar-refractivity contribution in [3.8, 4) is 0 Å². The van der Waals surface area contributed by atoms with Crippen molar-refractivity contribution in [2.45, 2.75) is 25.4 Å². The van der Waals surface area contributed by atoms with Crippen molar-refractivity contribution in [1.29, 1.82) is 0 Å². The zero-order chi connectivity index (χ0) is 11.5. The molecule has 0 unspecified atom stereocenters. The molecule has 0 aromatic carbocycles. The molecule has 0 atom stereocenters. The predicted molar refractivity (Wildman–Crippen MR) is 61.4 cm³/mol. The highest BCUT2D eigenvalue weighted by Crippen LogP contribution is 2.27. The molecule has 4 heteroatoms. The summed E-state index contributed by atoms with van der Waals surface area (Å²) >= 11 is 0. The number of rotatable bonds is 3. The van der Waals surface area contributed by atoms with Crippen LogP contribution in [0.15, 0.2) is 24.5 Å². The van der Waals surface area contributed by atoms with Gasteiger partial charge in [0.1, 0.15) is 0 Å². The molecule has 1 saturated carbocycles. The Hall–Kier alpha value is -1.42. The number of nitrogens with two attached hydrogens (primary N) is 1. The first kappa shape index (κ1) is 11.1. The van der Waals surface area contributed by atoms with Crippen LogP contribution >= 0.6 is 0 Å². The molecule has 1 heterocycles. The maximum Gasteiger partial charge on any atom is 0.225 e. The van der Waals surface area contributed by atoms with E-state index in [-0.39, 0.29) is 17.9 Å². The van der Waals surface area contributed by atoms with E-state index in [4.69, 9.17) is 5.73 Å². The molecule has 2 rings (SSSR count). The lowest BCUT2D eigenvalue weighted by atomic mass is 9.80. The van der Waals surface area contributed by atoms with Gasteiger partial charge in [-0.05, 0) is 24.5 Å². The molecule has 1 aliphatic rings. The Labute approximate surface area is 95.5 Å². The average Bonchev–Trinajstić information content (AvgIpc) is 2.25. The molecule has 1 aliphatic carbocycles. The van der Waals surface area contributed by atoms with Crippen LogP contribution in [0.4, 0.5) is 0 Å². The van der Waals surface area contributed by atoms with Crippen molar-refractivity contribution in [3.63, 3.8) is 0 Å². The molecule has 1 aromatic heterocycles. The third kappa shape index (κ3) is 2.39. The van der Waals surface area contributed by atoms with E-state index in [1.165, 1.54) is 0 Å². The Bertz CT molecular complexity index is 360. The van der Waals surface area contributed by atoms with Crippen LogP contribution in [-0.4, -0.2) is 28.9 Å². The highest BCUT2D eigenvalue weighted by molar-refractivity contribution is 5.79. The second-order valence-electron chi connectivity index (χ2n) is 4.48. The monoisotopic (exact) mass is 219 g/mol. The van der Waals surface area contributed by atoms with Gasteiger partial charge in [0.05, 0.1) is 0 Å². The first-order chi connectivity index (χ1) is 7.66. The molecule has 0 bridgehead atoms.